The number of halogens is 1. The Morgan fingerprint density at radius 2 is 1.77 bits per heavy atom. The zero-order chi connectivity index (χ0) is 18.9. The Bertz CT molecular complexity index is 809. The molecule has 140 valence electrons. The molecule has 26 heavy (non-hydrogen) atoms. The van der Waals surface area contributed by atoms with Gasteiger partial charge in [0, 0.05) is 18.1 Å². The molecule has 2 unspecified atom stereocenters. The monoisotopic (exact) mass is 424 g/mol. The van der Waals surface area contributed by atoms with Crippen LogP contribution in [0.2, 0.25) is 0 Å². The van der Waals surface area contributed by atoms with Crippen LogP contribution in [0.1, 0.15) is 17.2 Å². The lowest BCUT2D eigenvalue weighted by atomic mass is 9.84. The molecule has 0 aliphatic carbocycles. The van der Waals surface area contributed by atoms with Gasteiger partial charge in [0.15, 0.2) is 11.5 Å². The molecule has 0 bridgehead atoms. The largest absolute Gasteiger partial charge is 0.495 e. The highest BCUT2D eigenvalue weighted by molar-refractivity contribution is 9.10. The van der Waals surface area contributed by atoms with Crippen LogP contribution in [0.3, 0.4) is 0 Å². The second-order valence-corrected chi connectivity index (χ2v) is 7.04. The van der Waals surface area contributed by atoms with Gasteiger partial charge in [-0.15, -0.1) is 0 Å². The predicted octanol–water partition coefficient (Wildman–Crippen LogP) is 2.87. The molecule has 0 amide bonds. The Morgan fingerprint density at radius 3 is 2.42 bits per heavy atom. The van der Waals surface area contributed by atoms with Gasteiger partial charge in [0.1, 0.15) is 29.8 Å². The van der Waals surface area contributed by atoms with E-state index in [-0.39, 0.29) is 13.0 Å². The molecule has 6 nitrogen and oxygen atoms in total. The molecule has 2 aromatic carbocycles. The van der Waals surface area contributed by atoms with E-state index >= 15 is 0 Å². The number of rotatable bonds is 5. The minimum absolute atomic E-state index is 0.0414. The van der Waals surface area contributed by atoms with Crippen molar-refractivity contribution in [2.75, 3.05) is 27.9 Å². The van der Waals surface area contributed by atoms with Crippen LogP contribution in [0.5, 0.6) is 23.0 Å². The number of hydrogen-bond donors (Lipinski definition) is 2. The minimum Gasteiger partial charge on any atom is -0.495 e. The first-order valence-electron chi connectivity index (χ1n) is 8.03. The van der Waals surface area contributed by atoms with Crippen LogP contribution in [0.4, 0.5) is 0 Å². The van der Waals surface area contributed by atoms with Gasteiger partial charge in [-0.3, -0.25) is 0 Å². The molecule has 0 saturated carbocycles. The van der Waals surface area contributed by atoms with E-state index in [4.69, 9.17) is 18.9 Å². The summed E-state index contributed by atoms with van der Waals surface area (Å²) in [5.41, 5.74) is -0.170. The molecule has 2 N–H and O–H groups in total. The lowest BCUT2D eigenvalue weighted by Crippen LogP contribution is -2.47. The molecule has 3 rings (SSSR count). The van der Waals surface area contributed by atoms with Crippen LogP contribution in [0.25, 0.3) is 0 Å². The Balaban J connectivity index is 1.90. The van der Waals surface area contributed by atoms with Crippen LogP contribution in [-0.2, 0) is 6.42 Å². The van der Waals surface area contributed by atoms with E-state index in [9.17, 15) is 10.2 Å². The van der Waals surface area contributed by atoms with Crippen molar-refractivity contribution in [2.24, 2.45) is 0 Å². The summed E-state index contributed by atoms with van der Waals surface area (Å²) >= 11 is 3.40. The molecule has 0 saturated heterocycles. The van der Waals surface area contributed by atoms with Crippen LogP contribution < -0.4 is 18.9 Å². The predicted molar refractivity (Wildman–Crippen MR) is 99.3 cm³/mol. The van der Waals surface area contributed by atoms with Gasteiger partial charge in [-0.2, -0.15) is 0 Å². The van der Waals surface area contributed by atoms with Crippen molar-refractivity contribution in [3.63, 3.8) is 0 Å². The Kier molecular flexibility index (Phi) is 5.32. The maximum atomic E-state index is 11.1. The van der Waals surface area contributed by atoms with Crippen molar-refractivity contribution in [1.29, 1.82) is 0 Å². The Labute approximate surface area is 160 Å². The fourth-order valence-corrected chi connectivity index (χ4v) is 3.63. The van der Waals surface area contributed by atoms with Gasteiger partial charge >= 0.3 is 0 Å². The molecular weight excluding hydrogens is 404 g/mol. The average Bonchev–Trinajstić information content (AvgIpc) is 2.65. The summed E-state index contributed by atoms with van der Waals surface area (Å²) in [4.78, 5) is 0. The van der Waals surface area contributed by atoms with Crippen molar-refractivity contribution in [3.8, 4) is 23.0 Å². The van der Waals surface area contributed by atoms with E-state index < -0.39 is 11.7 Å². The maximum absolute atomic E-state index is 11.1. The highest BCUT2D eigenvalue weighted by Crippen LogP contribution is 2.44. The SMILES string of the molecule is COc1cc2c(cc1Br)C(O)C(O)(Cc1ccc(OC)c(OC)c1)CO2. The summed E-state index contributed by atoms with van der Waals surface area (Å²) in [6.07, 6.45) is -0.918. The summed E-state index contributed by atoms with van der Waals surface area (Å²) in [6, 6.07) is 8.77. The average molecular weight is 425 g/mol. The summed E-state index contributed by atoms with van der Waals surface area (Å²) in [5, 5.41) is 21.9. The third-order valence-corrected chi connectivity index (χ3v) is 5.14. The highest BCUT2D eigenvalue weighted by Gasteiger charge is 2.43. The van der Waals surface area contributed by atoms with Gasteiger partial charge in [0.05, 0.1) is 25.8 Å². The fourth-order valence-electron chi connectivity index (χ4n) is 3.11. The van der Waals surface area contributed by atoms with Crippen LogP contribution >= 0.6 is 15.9 Å². The summed E-state index contributed by atoms with van der Waals surface area (Å²) in [7, 11) is 4.67. The molecular formula is C19H21BrO6. The van der Waals surface area contributed by atoms with E-state index in [1.807, 2.05) is 6.07 Å². The first-order valence-corrected chi connectivity index (χ1v) is 8.82. The van der Waals surface area contributed by atoms with Crippen molar-refractivity contribution in [3.05, 3.63) is 45.9 Å². The second-order valence-electron chi connectivity index (χ2n) is 6.19. The van der Waals surface area contributed by atoms with Gasteiger partial charge in [-0.1, -0.05) is 6.07 Å². The van der Waals surface area contributed by atoms with E-state index in [1.165, 1.54) is 0 Å². The van der Waals surface area contributed by atoms with Crippen molar-refractivity contribution >= 4 is 15.9 Å². The van der Waals surface area contributed by atoms with E-state index in [0.29, 0.717) is 33.0 Å². The standard InChI is InChI=1S/C19H21BrO6/c1-23-14-5-4-11(6-17(14)25-3)9-19(22)10-26-15-8-16(24-2)13(20)7-12(15)18(19)21/h4-8,18,21-22H,9-10H2,1-3H3. The quantitative estimate of drug-likeness (QED) is 0.768. The summed E-state index contributed by atoms with van der Waals surface area (Å²) in [6.45, 7) is -0.0414. The number of hydrogen-bond acceptors (Lipinski definition) is 6. The van der Waals surface area contributed by atoms with Gasteiger partial charge in [0.2, 0.25) is 0 Å². The molecule has 1 heterocycles. The number of benzene rings is 2. The molecule has 2 atom stereocenters. The number of aliphatic hydroxyl groups excluding tert-OH is 1. The van der Waals surface area contributed by atoms with Crippen molar-refractivity contribution < 1.29 is 29.2 Å². The smallest absolute Gasteiger partial charge is 0.160 e. The number of methoxy groups -OCH3 is 3. The minimum atomic E-state index is -1.47. The van der Waals surface area contributed by atoms with Gasteiger partial charge in [0.25, 0.3) is 0 Å². The highest BCUT2D eigenvalue weighted by atomic mass is 79.9. The lowest BCUT2D eigenvalue weighted by Gasteiger charge is -2.38. The number of ether oxygens (including phenoxy) is 4. The van der Waals surface area contributed by atoms with E-state index in [0.717, 1.165) is 5.56 Å². The first-order chi connectivity index (χ1) is 12.4. The van der Waals surface area contributed by atoms with Gasteiger partial charge in [-0.25, -0.2) is 0 Å². The molecule has 0 fully saturated rings. The topological polar surface area (TPSA) is 77.4 Å². The third kappa shape index (κ3) is 3.34. The van der Waals surface area contributed by atoms with E-state index in [2.05, 4.69) is 15.9 Å². The number of fused-ring (bicyclic) bond motifs is 1. The summed E-state index contributed by atoms with van der Waals surface area (Å²) < 4.78 is 22.2. The van der Waals surface area contributed by atoms with Gasteiger partial charge in [-0.05, 0) is 39.7 Å². The molecule has 7 heteroatoms. The van der Waals surface area contributed by atoms with Crippen molar-refractivity contribution in [1.82, 2.24) is 0 Å². The second kappa shape index (κ2) is 7.34. The Morgan fingerprint density at radius 1 is 1.08 bits per heavy atom. The third-order valence-electron chi connectivity index (χ3n) is 4.52. The van der Waals surface area contributed by atoms with Crippen LogP contribution in [-0.4, -0.2) is 43.8 Å². The molecule has 1 aliphatic rings. The van der Waals surface area contributed by atoms with E-state index in [1.54, 1.807) is 45.6 Å². The van der Waals surface area contributed by atoms with Crippen LogP contribution in [0, 0.1) is 0 Å². The summed E-state index contributed by atoms with van der Waals surface area (Å²) in [5.74, 6) is 2.26. The molecule has 0 spiro atoms. The fraction of sp³-hybridized carbons (Fsp3) is 0.368. The normalized spacial score (nSPS) is 21.5. The van der Waals surface area contributed by atoms with Gasteiger partial charge < -0.3 is 29.2 Å². The molecule has 0 radical (unpaired) electrons. The zero-order valence-electron chi connectivity index (χ0n) is 14.8. The first kappa shape index (κ1) is 18.8. The molecule has 0 aromatic heterocycles. The Hall–Kier alpha value is -1.96. The zero-order valence-corrected chi connectivity index (χ0v) is 16.4. The lowest BCUT2D eigenvalue weighted by molar-refractivity contribution is -0.114. The number of aliphatic hydroxyl groups is 2. The van der Waals surface area contributed by atoms with Crippen LogP contribution in [0.15, 0.2) is 34.8 Å². The van der Waals surface area contributed by atoms with Crippen molar-refractivity contribution in [2.45, 2.75) is 18.1 Å². The maximum Gasteiger partial charge on any atom is 0.160 e. The molecule has 1 aliphatic heterocycles. The molecule has 2 aromatic rings.